The van der Waals surface area contributed by atoms with Crippen LogP contribution in [0.3, 0.4) is 0 Å². The van der Waals surface area contributed by atoms with E-state index in [-0.39, 0.29) is 0 Å². The molecule has 14 heavy (non-hydrogen) atoms. The summed E-state index contributed by atoms with van der Waals surface area (Å²) in [6.07, 6.45) is 6.39. The quantitative estimate of drug-likeness (QED) is 0.582. The van der Waals surface area contributed by atoms with Gasteiger partial charge in [0.15, 0.2) is 0 Å². The Balaban J connectivity index is 3.38. The fourth-order valence-electron chi connectivity index (χ4n) is 1.49. The van der Waals surface area contributed by atoms with Crippen molar-refractivity contribution in [3.8, 4) is 0 Å². The van der Waals surface area contributed by atoms with Gasteiger partial charge >= 0.3 is 0 Å². The van der Waals surface area contributed by atoms with Crippen LogP contribution in [-0.2, 0) is 4.74 Å². The summed E-state index contributed by atoms with van der Waals surface area (Å²) in [7, 11) is 0. The summed E-state index contributed by atoms with van der Waals surface area (Å²) in [5, 5.41) is 0. The predicted octanol–water partition coefficient (Wildman–Crippen LogP) is 2.96. The molecule has 0 aliphatic rings. The first kappa shape index (κ1) is 13.9. The molecule has 0 fully saturated rings. The van der Waals surface area contributed by atoms with E-state index in [9.17, 15) is 0 Å². The maximum absolute atomic E-state index is 5.73. The molecule has 0 aromatic carbocycles. The molecule has 1 atom stereocenters. The Labute approximate surface area is 89.2 Å². The molecule has 1 unspecified atom stereocenters. The first-order valence-corrected chi connectivity index (χ1v) is 6.02. The number of hydrogen-bond donors (Lipinski definition) is 1. The van der Waals surface area contributed by atoms with Crippen LogP contribution in [0.2, 0.25) is 0 Å². The summed E-state index contributed by atoms with van der Waals surface area (Å²) in [6.45, 7) is 8.31. The van der Waals surface area contributed by atoms with Crippen LogP contribution >= 0.6 is 0 Å². The molecule has 0 aromatic heterocycles. The van der Waals surface area contributed by atoms with Crippen LogP contribution in [0.4, 0.5) is 0 Å². The van der Waals surface area contributed by atoms with E-state index in [4.69, 9.17) is 10.5 Å². The Kier molecular flexibility index (Phi) is 9.42. The molecule has 2 nitrogen and oxygen atoms in total. The monoisotopic (exact) mass is 201 g/mol. The average molecular weight is 201 g/mol. The van der Waals surface area contributed by atoms with Crippen molar-refractivity contribution in [3.05, 3.63) is 0 Å². The van der Waals surface area contributed by atoms with Gasteiger partial charge in [-0.3, -0.25) is 0 Å². The van der Waals surface area contributed by atoms with Gasteiger partial charge in [-0.25, -0.2) is 0 Å². The normalized spacial score (nSPS) is 13.5. The van der Waals surface area contributed by atoms with E-state index in [0.717, 1.165) is 31.9 Å². The molecule has 0 radical (unpaired) electrons. The number of ether oxygens (including phenoxy) is 1. The molecule has 0 saturated carbocycles. The van der Waals surface area contributed by atoms with E-state index in [1.807, 2.05) is 0 Å². The van der Waals surface area contributed by atoms with Crippen LogP contribution in [-0.4, -0.2) is 19.3 Å². The summed E-state index contributed by atoms with van der Waals surface area (Å²) >= 11 is 0. The van der Waals surface area contributed by atoms with Crippen molar-refractivity contribution < 1.29 is 4.74 Å². The Hall–Kier alpha value is -0.0800. The van der Waals surface area contributed by atoms with Crippen molar-refractivity contribution >= 4 is 0 Å². The van der Waals surface area contributed by atoms with Gasteiger partial charge in [-0.05, 0) is 31.7 Å². The minimum atomic E-state index is 0.459. The Morgan fingerprint density at radius 3 is 2.36 bits per heavy atom. The second-order valence-corrected chi connectivity index (χ2v) is 4.37. The number of nitrogens with two attached hydrogens (primary N) is 1. The third-order valence-corrected chi connectivity index (χ3v) is 2.46. The van der Waals surface area contributed by atoms with Crippen LogP contribution in [0.5, 0.6) is 0 Å². The van der Waals surface area contributed by atoms with Gasteiger partial charge in [-0.15, -0.1) is 0 Å². The second-order valence-electron chi connectivity index (χ2n) is 4.37. The van der Waals surface area contributed by atoms with Crippen molar-refractivity contribution in [1.82, 2.24) is 0 Å². The Morgan fingerprint density at radius 1 is 1.14 bits per heavy atom. The molecular weight excluding hydrogens is 174 g/mol. The highest BCUT2D eigenvalue weighted by atomic mass is 16.5. The lowest BCUT2D eigenvalue weighted by atomic mass is 10.0. The Morgan fingerprint density at radius 2 is 1.86 bits per heavy atom. The molecule has 0 aliphatic carbocycles. The molecule has 2 heteroatoms. The van der Waals surface area contributed by atoms with E-state index in [0.29, 0.717) is 6.10 Å². The smallest absolute Gasteiger partial charge is 0.0572 e. The van der Waals surface area contributed by atoms with Gasteiger partial charge in [0.2, 0.25) is 0 Å². The summed E-state index contributed by atoms with van der Waals surface area (Å²) in [5.41, 5.74) is 5.42. The van der Waals surface area contributed by atoms with Gasteiger partial charge in [0.1, 0.15) is 0 Å². The van der Waals surface area contributed by atoms with Gasteiger partial charge in [-0.2, -0.15) is 0 Å². The fraction of sp³-hybridized carbons (Fsp3) is 1.00. The highest BCUT2D eigenvalue weighted by Crippen LogP contribution is 2.12. The second kappa shape index (κ2) is 9.47. The van der Waals surface area contributed by atoms with E-state index in [1.165, 1.54) is 19.3 Å². The summed E-state index contributed by atoms with van der Waals surface area (Å²) in [6, 6.07) is 0. The zero-order chi connectivity index (χ0) is 10.8. The highest BCUT2D eigenvalue weighted by molar-refractivity contribution is 4.57. The third-order valence-electron chi connectivity index (χ3n) is 2.46. The van der Waals surface area contributed by atoms with Crippen molar-refractivity contribution in [2.45, 2.75) is 59.0 Å². The standard InChI is InChI=1S/C12H27NO/c1-4-12(14-10-6-9-13)8-5-7-11(2)3/h11-12H,4-10,13H2,1-3H3. The molecule has 0 amide bonds. The average Bonchev–Trinajstić information content (AvgIpc) is 2.15. The van der Waals surface area contributed by atoms with Crippen molar-refractivity contribution in [2.75, 3.05) is 13.2 Å². The topological polar surface area (TPSA) is 35.2 Å². The minimum Gasteiger partial charge on any atom is -0.378 e. The Bertz CT molecular complexity index is 115. The van der Waals surface area contributed by atoms with Crippen LogP contribution in [0, 0.1) is 5.92 Å². The van der Waals surface area contributed by atoms with Crippen LogP contribution in [0.25, 0.3) is 0 Å². The lowest BCUT2D eigenvalue weighted by Gasteiger charge is -2.16. The number of hydrogen-bond acceptors (Lipinski definition) is 2. The van der Waals surface area contributed by atoms with E-state index in [1.54, 1.807) is 0 Å². The first-order chi connectivity index (χ1) is 6.70. The molecule has 2 N–H and O–H groups in total. The van der Waals surface area contributed by atoms with E-state index < -0.39 is 0 Å². The van der Waals surface area contributed by atoms with Gasteiger partial charge in [0.05, 0.1) is 6.10 Å². The SMILES string of the molecule is CCC(CCCC(C)C)OCCCN. The highest BCUT2D eigenvalue weighted by Gasteiger charge is 2.06. The van der Waals surface area contributed by atoms with Gasteiger partial charge in [0, 0.05) is 6.61 Å². The lowest BCUT2D eigenvalue weighted by molar-refractivity contribution is 0.0422. The van der Waals surface area contributed by atoms with Crippen LogP contribution in [0.1, 0.15) is 52.9 Å². The minimum absolute atomic E-state index is 0.459. The van der Waals surface area contributed by atoms with Crippen LogP contribution in [0.15, 0.2) is 0 Å². The molecule has 86 valence electrons. The molecule has 0 aromatic rings. The van der Waals surface area contributed by atoms with Crippen LogP contribution < -0.4 is 5.73 Å². The molecule has 0 saturated heterocycles. The van der Waals surface area contributed by atoms with Gasteiger partial charge in [0.25, 0.3) is 0 Å². The zero-order valence-electron chi connectivity index (χ0n) is 10.1. The largest absolute Gasteiger partial charge is 0.378 e. The zero-order valence-corrected chi connectivity index (χ0v) is 10.1. The van der Waals surface area contributed by atoms with Gasteiger partial charge in [-0.1, -0.05) is 33.6 Å². The lowest BCUT2D eigenvalue weighted by Crippen LogP contribution is -2.15. The predicted molar refractivity (Wildman–Crippen MR) is 62.4 cm³/mol. The van der Waals surface area contributed by atoms with Crippen molar-refractivity contribution in [3.63, 3.8) is 0 Å². The molecular formula is C12H27NO. The fourth-order valence-corrected chi connectivity index (χ4v) is 1.49. The van der Waals surface area contributed by atoms with Crippen molar-refractivity contribution in [2.24, 2.45) is 11.7 Å². The maximum atomic E-state index is 5.73. The summed E-state index contributed by atoms with van der Waals surface area (Å²) in [5.74, 6) is 0.816. The van der Waals surface area contributed by atoms with Crippen molar-refractivity contribution in [1.29, 1.82) is 0 Å². The van der Waals surface area contributed by atoms with E-state index >= 15 is 0 Å². The molecule has 0 aliphatic heterocycles. The maximum Gasteiger partial charge on any atom is 0.0572 e. The molecule has 0 spiro atoms. The molecule has 0 heterocycles. The first-order valence-electron chi connectivity index (χ1n) is 6.02. The third kappa shape index (κ3) is 8.52. The molecule has 0 rings (SSSR count). The number of rotatable bonds is 9. The van der Waals surface area contributed by atoms with E-state index in [2.05, 4.69) is 20.8 Å². The molecule has 0 bridgehead atoms. The van der Waals surface area contributed by atoms with Gasteiger partial charge < -0.3 is 10.5 Å². The summed E-state index contributed by atoms with van der Waals surface area (Å²) < 4.78 is 5.73. The summed E-state index contributed by atoms with van der Waals surface area (Å²) in [4.78, 5) is 0.